The van der Waals surface area contributed by atoms with Crippen LogP contribution in [0.5, 0.6) is 0 Å². The molecule has 0 saturated carbocycles. The van der Waals surface area contributed by atoms with E-state index in [2.05, 4.69) is 5.32 Å². The van der Waals surface area contributed by atoms with Gasteiger partial charge in [0, 0.05) is 12.2 Å². The van der Waals surface area contributed by atoms with Gasteiger partial charge in [-0.1, -0.05) is 12.1 Å². The van der Waals surface area contributed by atoms with E-state index in [0.717, 1.165) is 24.9 Å². The third-order valence-electron chi connectivity index (χ3n) is 2.54. The van der Waals surface area contributed by atoms with Crippen molar-refractivity contribution in [3.8, 4) is 0 Å². The van der Waals surface area contributed by atoms with Gasteiger partial charge in [-0.2, -0.15) is 0 Å². The first kappa shape index (κ1) is 15.3. The van der Waals surface area contributed by atoms with Crippen LogP contribution in [0.1, 0.15) is 39.2 Å². The second-order valence-electron chi connectivity index (χ2n) is 5.63. The summed E-state index contributed by atoms with van der Waals surface area (Å²) in [5, 5.41) is 2.75. The molecule has 1 rings (SSSR count). The average molecular weight is 264 g/mol. The zero-order valence-corrected chi connectivity index (χ0v) is 12.0. The standard InChI is InChI=1S/C15H24N2O2/c1-15(2,3)19-14(18)17-11-5-4-6-12-7-9-13(16)10-8-12/h7-10H,4-6,11,16H2,1-3H3,(H,17,18). The van der Waals surface area contributed by atoms with Gasteiger partial charge in [0.1, 0.15) is 5.60 Å². The topological polar surface area (TPSA) is 64.3 Å². The van der Waals surface area contributed by atoms with Crippen molar-refractivity contribution in [1.82, 2.24) is 5.32 Å². The number of carbonyl (C=O) groups excluding carboxylic acids is 1. The number of benzene rings is 1. The largest absolute Gasteiger partial charge is 0.444 e. The van der Waals surface area contributed by atoms with Crippen molar-refractivity contribution in [3.63, 3.8) is 0 Å². The summed E-state index contributed by atoms with van der Waals surface area (Å²) in [6.45, 7) is 6.21. The number of ether oxygens (including phenoxy) is 1. The summed E-state index contributed by atoms with van der Waals surface area (Å²) in [6, 6.07) is 7.90. The number of nitrogens with two attached hydrogens (primary N) is 1. The molecule has 4 heteroatoms. The lowest BCUT2D eigenvalue weighted by molar-refractivity contribution is 0.0527. The van der Waals surface area contributed by atoms with E-state index in [-0.39, 0.29) is 6.09 Å². The maximum atomic E-state index is 11.4. The average Bonchev–Trinajstić information content (AvgIpc) is 2.29. The lowest BCUT2D eigenvalue weighted by atomic mass is 10.1. The summed E-state index contributed by atoms with van der Waals surface area (Å²) in [6.07, 6.45) is 2.61. The Morgan fingerprint density at radius 3 is 2.42 bits per heavy atom. The first-order valence-corrected chi connectivity index (χ1v) is 6.68. The minimum atomic E-state index is -0.436. The summed E-state index contributed by atoms with van der Waals surface area (Å²) in [4.78, 5) is 11.4. The molecule has 0 aliphatic carbocycles. The number of nitrogens with one attached hydrogen (secondary N) is 1. The molecule has 0 aliphatic rings. The maximum absolute atomic E-state index is 11.4. The molecular weight excluding hydrogens is 240 g/mol. The number of carbonyl (C=O) groups is 1. The highest BCUT2D eigenvalue weighted by Gasteiger charge is 2.15. The van der Waals surface area contributed by atoms with E-state index in [1.54, 1.807) is 0 Å². The van der Waals surface area contributed by atoms with Crippen molar-refractivity contribution in [2.75, 3.05) is 12.3 Å². The number of unbranched alkanes of at least 4 members (excludes halogenated alkanes) is 1. The fourth-order valence-electron chi connectivity index (χ4n) is 1.64. The molecule has 3 N–H and O–H groups in total. The van der Waals surface area contributed by atoms with Gasteiger partial charge in [0.15, 0.2) is 0 Å². The Labute approximate surface area is 115 Å². The zero-order chi connectivity index (χ0) is 14.3. The number of anilines is 1. The number of alkyl carbamates (subject to hydrolysis) is 1. The minimum Gasteiger partial charge on any atom is -0.444 e. The minimum absolute atomic E-state index is 0.347. The van der Waals surface area contributed by atoms with Gasteiger partial charge in [-0.25, -0.2) is 4.79 Å². The Kier molecular flexibility index (Phi) is 5.67. The molecule has 0 spiro atoms. The highest BCUT2D eigenvalue weighted by molar-refractivity contribution is 5.67. The number of rotatable bonds is 5. The first-order chi connectivity index (χ1) is 8.87. The second-order valence-corrected chi connectivity index (χ2v) is 5.63. The van der Waals surface area contributed by atoms with Crippen molar-refractivity contribution in [3.05, 3.63) is 29.8 Å². The van der Waals surface area contributed by atoms with Gasteiger partial charge < -0.3 is 15.8 Å². The predicted octanol–water partition coefficient (Wildman–Crippen LogP) is 3.12. The van der Waals surface area contributed by atoms with Gasteiger partial charge in [-0.05, 0) is 57.7 Å². The molecule has 0 aliphatic heterocycles. The van der Waals surface area contributed by atoms with Crippen LogP contribution in [0.15, 0.2) is 24.3 Å². The van der Waals surface area contributed by atoms with Crippen LogP contribution in [0.3, 0.4) is 0 Å². The Morgan fingerprint density at radius 2 is 1.84 bits per heavy atom. The van der Waals surface area contributed by atoms with Gasteiger partial charge in [-0.3, -0.25) is 0 Å². The van der Waals surface area contributed by atoms with E-state index in [9.17, 15) is 4.79 Å². The maximum Gasteiger partial charge on any atom is 0.407 e. The van der Waals surface area contributed by atoms with Crippen LogP contribution >= 0.6 is 0 Å². The molecule has 0 unspecified atom stereocenters. The summed E-state index contributed by atoms with van der Waals surface area (Å²) >= 11 is 0. The van der Waals surface area contributed by atoms with Crippen molar-refractivity contribution in [2.24, 2.45) is 0 Å². The first-order valence-electron chi connectivity index (χ1n) is 6.68. The van der Waals surface area contributed by atoms with Gasteiger partial charge in [-0.15, -0.1) is 0 Å². The number of hydrogen-bond donors (Lipinski definition) is 2. The predicted molar refractivity (Wildman–Crippen MR) is 78.0 cm³/mol. The molecule has 0 heterocycles. The highest BCUT2D eigenvalue weighted by atomic mass is 16.6. The molecule has 0 radical (unpaired) electrons. The monoisotopic (exact) mass is 264 g/mol. The van der Waals surface area contributed by atoms with E-state index < -0.39 is 5.60 Å². The Balaban J connectivity index is 2.11. The fourth-order valence-corrected chi connectivity index (χ4v) is 1.64. The third kappa shape index (κ3) is 7.34. The molecule has 19 heavy (non-hydrogen) atoms. The van der Waals surface area contributed by atoms with Gasteiger partial charge in [0.05, 0.1) is 0 Å². The Hall–Kier alpha value is -1.71. The van der Waals surface area contributed by atoms with Crippen LogP contribution in [0.4, 0.5) is 10.5 Å². The molecule has 0 aromatic heterocycles. The van der Waals surface area contributed by atoms with Crippen molar-refractivity contribution < 1.29 is 9.53 Å². The molecule has 0 atom stereocenters. The number of nitrogen functional groups attached to an aromatic ring is 1. The van der Waals surface area contributed by atoms with E-state index in [4.69, 9.17) is 10.5 Å². The van der Waals surface area contributed by atoms with Crippen LogP contribution in [-0.2, 0) is 11.2 Å². The normalized spacial score (nSPS) is 11.1. The van der Waals surface area contributed by atoms with Crippen LogP contribution in [0, 0.1) is 0 Å². The van der Waals surface area contributed by atoms with E-state index in [1.165, 1.54) is 5.56 Å². The molecule has 106 valence electrons. The smallest absolute Gasteiger partial charge is 0.407 e. The molecule has 1 amide bonds. The number of aryl methyl sites for hydroxylation is 1. The summed E-state index contributed by atoms with van der Waals surface area (Å²) in [5.74, 6) is 0. The number of amides is 1. The summed E-state index contributed by atoms with van der Waals surface area (Å²) in [5.41, 5.74) is 7.25. The third-order valence-corrected chi connectivity index (χ3v) is 2.54. The molecular formula is C15H24N2O2. The van der Waals surface area contributed by atoms with Crippen molar-refractivity contribution >= 4 is 11.8 Å². The van der Waals surface area contributed by atoms with Crippen LogP contribution in [0.2, 0.25) is 0 Å². The molecule has 4 nitrogen and oxygen atoms in total. The SMILES string of the molecule is CC(C)(C)OC(=O)NCCCCc1ccc(N)cc1. The van der Waals surface area contributed by atoms with Crippen molar-refractivity contribution in [1.29, 1.82) is 0 Å². The van der Waals surface area contributed by atoms with E-state index >= 15 is 0 Å². The fraction of sp³-hybridized carbons (Fsp3) is 0.533. The summed E-state index contributed by atoms with van der Waals surface area (Å²) < 4.78 is 5.15. The molecule has 1 aromatic rings. The van der Waals surface area contributed by atoms with Gasteiger partial charge in [0.25, 0.3) is 0 Å². The van der Waals surface area contributed by atoms with Crippen LogP contribution < -0.4 is 11.1 Å². The lowest BCUT2D eigenvalue weighted by Gasteiger charge is -2.19. The molecule has 1 aromatic carbocycles. The summed E-state index contributed by atoms with van der Waals surface area (Å²) in [7, 11) is 0. The van der Waals surface area contributed by atoms with Gasteiger partial charge in [0.2, 0.25) is 0 Å². The Morgan fingerprint density at radius 1 is 1.21 bits per heavy atom. The highest BCUT2D eigenvalue weighted by Crippen LogP contribution is 2.09. The zero-order valence-electron chi connectivity index (χ0n) is 12.0. The molecule has 0 saturated heterocycles. The second kappa shape index (κ2) is 7.02. The quantitative estimate of drug-likeness (QED) is 0.634. The van der Waals surface area contributed by atoms with Gasteiger partial charge >= 0.3 is 6.09 Å². The molecule has 0 bridgehead atoms. The van der Waals surface area contributed by atoms with Crippen LogP contribution in [-0.4, -0.2) is 18.2 Å². The van der Waals surface area contributed by atoms with E-state index in [1.807, 2.05) is 45.0 Å². The van der Waals surface area contributed by atoms with Crippen molar-refractivity contribution in [2.45, 2.75) is 45.6 Å². The number of hydrogen-bond acceptors (Lipinski definition) is 3. The Bertz CT molecular complexity index is 394. The lowest BCUT2D eigenvalue weighted by Crippen LogP contribution is -2.33. The molecule has 0 fully saturated rings. The van der Waals surface area contributed by atoms with E-state index in [0.29, 0.717) is 6.54 Å². The van der Waals surface area contributed by atoms with Crippen LogP contribution in [0.25, 0.3) is 0 Å².